The van der Waals surface area contributed by atoms with Gasteiger partial charge in [0.15, 0.2) is 0 Å². The number of anilines is 3. The second-order valence-corrected chi connectivity index (χ2v) is 17.2. The van der Waals surface area contributed by atoms with E-state index in [0.717, 1.165) is 61.3 Å². The van der Waals surface area contributed by atoms with E-state index in [2.05, 4.69) is 258 Å². The molecule has 314 valence electrons. The first kappa shape index (κ1) is 38.5. The number of aromatic nitrogens is 1. The van der Waals surface area contributed by atoms with Crippen molar-refractivity contribution in [3.05, 3.63) is 255 Å². The number of hydrogen-bond acceptors (Lipinski definition) is 2. The van der Waals surface area contributed by atoms with Crippen LogP contribution in [-0.2, 0) is 0 Å². The number of nitrogens with zero attached hydrogens (tertiary/aromatic N) is 2. The molecule has 2 aromatic heterocycles. The third-order valence-electron chi connectivity index (χ3n) is 13.4. The molecule has 2 heterocycles. The standard InChI is InChI=1S/C64H42N2O/c1-2-17-50-45(15-1)16-13-23-51(50)46-37-41-49(42-38-46)65(60-27-9-6-21-55(60)57-24-14-25-58-56-22-7-12-30-63(56)67-64(57)58)48-39-35-44(36-40-48)43-31-33-47(34-32-43)52-18-3-8-26-59(52)66-61-28-10-4-19-53(61)54-20-5-11-29-62(54)66/h1-42H. The first-order valence-corrected chi connectivity index (χ1v) is 22.9. The van der Waals surface area contributed by atoms with Gasteiger partial charge in [0.1, 0.15) is 11.2 Å². The maximum absolute atomic E-state index is 6.62. The number of fused-ring (bicyclic) bond motifs is 7. The van der Waals surface area contributed by atoms with Crippen LogP contribution in [0.1, 0.15) is 0 Å². The van der Waals surface area contributed by atoms with Gasteiger partial charge >= 0.3 is 0 Å². The van der Waals surface area contributed by atoms with Crippen molar-refractivity contribution >= 4 is 71.6 Å². The lowest BCUT2D eigenvalue weighted by atomic mass is 9.97. The molecule has 13 aromatic rings. The predicted octanol–water partition coefficient (Wildman–Crippen LogP) is 18.0. The van der Waals surface area contributed by atoms with Crippen LogP contribution in [0.5, 0.6) is 0 Å². The summed E-state index contributed by atoms with van der Waals surface area (Å²) in [4.78, 5) is 2.38. The van der Waals surface area contributed by atoms with E-state index in [9.17, 15) is 0 Å². The van der Waals surface area contributed by atoms with Crippen molar-refractivity contribution < 1.29 is 4.42 Å². The minimum atomic E-state index is 0.888. The highest BCUT2D eigenvalue weighted by molar-refractivity contribution is 6.11. The van der Waals surface area contributed by atoms with Crippen molar-refractivity contribution in [3.8, 4) is 50.2 Å². The molecular formula is C64H42N2O. The number of benzene rings is 11. The van der Waals surface area contributed by atoms with Crippen LogP contribution in [0.4, 0.5) is 17.1 Å². The fraction of sp³-hybridized carbons (Fsp3) is 0. The molecular weight excluding hydrogens is 813 g/mol. The fourth-order valence-corrected chi connectivity index (χ4v) is 10.3. The van der Waals surface area contributed by atoms with Gasteiger partial charge in [0, 0.05) is 49.6 Å². The van der Waals surface area contributed by atoms with Crippen LogP contribution in [-0.4, -0.2) is 4.57 Å². The van der Waals surface area contributed by atoms with Crippen LogP contribution >= 0.6 is 0 Å². The lowest BCUT2D eigenvalue weighted by molar-refractivity contribution is 0.670. The van der Waals surface area contributed by atoms with Crippen LogP contribution in [0.25, 0.3) is 105 Å². The number of rotatable bonds is 8. The van der Waals surface area contributed by atoms with Gasteiger partial charge in [-0.05, 0) is 93.2 Å². The lowest BCUT2D eigenvalue weighted by Crippen LogP contribution is -2.11. The van der Waals surface area contributed by atoms with Crippen molar-refractivity contribution in [3.63, 3.8) is 0 Å². The predicted molar refractivity (Wildman–Crippen MR) is 282 cm³/mol. The Kier molecular flexibility index (Phi) is 9.17. The second kappa shape index (κ2) is 16.0. The molecule has 0 saturated heterocycles. The van der Waals surface area contributed by atoms with Crippen LogP contribution in [0.3, 0.4) is 0 Å². The number of hydrogen-bond donors (Lipinski definition) is 0. The maximum Gasteiger partial charge on any atom is 0.143 e. The van der Waals surface area contributed by atoms with Gasteiger partial charge in [-0.2, -0.15) is 0 Å². The SMILES string of the molecule is c1ccc(N(c2ccc(-c3ccc(-c4ccccc4-n4c5ccccc5c5ccccc54)cc3)cc2)c2ccc(-c3cccc4ccccc34)cc2)c(-c2cccc3c2oc2ccccc23)c1. The molecule has 0 radical (unpaired) electrons. The van der Waals surface area contributed by atoms with Gasteiger partial charge in [-0.3, -0.25) is 0 Å². The Bertz CT molecular complexity index is 3910. The molecule has 13 rings (SSSR count). The summed E-state index contributed by atoms with van der Waals surface area (Å²) in [5.74, 6) is 0. The number of para-hydroxylation sites is 6. The Morgan fingerprint density at radius 2 is 0.761 bits per heavy atom. The molecule has 0 N–H and O–H groups in total. The summed E-state index contributed by atoms with van der Waals surface area (Å²) in [6, 6.07) is 91.8. The fourth-order valence-electron chi connectivity index (χ4n) is 10.3. The van der Waals surface area contributed by atoms with E-state index < -0.39 is 0 Å². The molecule has 0 saturated carbocycles. The summed E-state index contributed by atoms with van der Waals surface area (Å²) in [6.45, 7) is 0. The van der Waals surface area contributed by atoms with E-state index in [0.29, 0.717) is 0 Å². The van der Waals surface area contributed by atoms with Gasteiger partial charge in [-0.1, -0.05) is 200 Å². The van der Waals surface area contributed by atoms with E-state index in [4.69, 9.17) is 4.42 Å². The zero-order valence-corrected chi connectivity index (χ0v) is 36.6. The highest BCUT2D eigenvalue weighted by Crippen LogP contribution is 2.45. The quantitative estimate of drug-likeness (QED) is 0.152. The molecule has 0 amide bonds. The summed E-state index contributed by atoms with van der Waals surface area (Å²) >= 11 is 0. The first-order valence-electron chi connectivity index (χ1n) is 22.9. The van der Waals surface area contributed by atoms with Crippen molar-refractivity contribution in [1.82, 2.24) is 4.57 Å². The third kappa shape index (κ3) is 6.51. The molecule has 3 nitrogen and oxygen atoms in total. The maximum atomic E-state index is 6.62. The van der Waals surface area contributed by atoms with E-state index in [-0.39, 0.29) is 0 Å². The average Bonchev–Trinajstić information content (AvgIpc) is 3.95. The minimum absolute atomic E-state index is 0.888. The molecule has 0 aliphatic heterocycles. The highest BCUT2D eigenvalue weighted by Gasteiger charge is 2.21. The normalized spacial score (nSPS) is 11.6. The molecule has 3 heteroatoms. The lowest BCUT2D eigenvalue weighted by Gasteiger charge is -2.28. The average molecular weight is 855 g/mol. The molecule has 0 aliphatic rings. The molecule has 0 aliphatic carbocycles. The van der Waals surface area contributed by atoms with Gasteiger partial charge in [0.05, 0.1) is 22.4 Å². The van der Waals surface area contributed by atoms with Crippen LogP contribution in [0.15, 0.2) is 259 Å². The van der Waals surface area contributed by atoms with E-state index in [1.165, 1.54) is 60.5 Å². The largest absolute Gasteiger partial charge is 0.455 e. The molecule has 0 bridgehead atoms. The van der Waals surface area contributed by atoms with Gasteiger partial charge < -0.3 is 13.9 Å². The van der Waals surface area contributed by atoms with Gasteiger partial charge in [-0.25, -0.2) is 0 Å². The summed E-state index contributed by atoms with van der Waals surface area (Å²) in [5.41, 5.74) is 17.8. The Hall–Kier alpha value is -8.92. The smallest absolute Gasteiger partial charge is 0.143 e. The van der Waals surface area contributed by atoms with Crippen molar-refractivity contribution in [2.45, 2.75) is 0 Å². The van der Waals surface area contributed by atoms with Crippen LogP contribution in [0, 0.1) is 0 Å². The molecule has 0 unspecified atom stereocenters. The highest BCUT2D eigenvalue weighted by atomic mass is 16.3. The van der Waals surface area contributed by atoms with Gasteiger partial charge in [0.25, 0.3) is 0 Å². The van der Waals surface area contributed by atoms with Gasteiger partial charge in [-0.15, -0.1) is 0 Å². The molecule has 0 atom stereocenters. The first-order chi connectivity index (χ1) is 33.2. The zero-order chi connectivity index (χ0) is 44.3. The second-order valence-electron chi connectivity index (χ2n) is 17.2. The van der Waals surface area contributed by atoms with Crippen molar-refractivity contribution in [1.29, 1.82) is 0 Å². The summed E-state index contributed by atoms with van der Waals surface area (Å²) in [5, 5.41) is 7.23. The minimum Gasteiger partial charge on any atom is -0.455 e. The zero-order valence-electron chi connectivity index (χ0n) is 36.6. The van der Waals surface area contributed by atoms with Crippen LogP contribution in [0.2, 0.25) is 0 Å². The molecule has 0 fully saturated rings. The topological polar surface area (TPSA) is 21.3 Å². The summed E-state index contributed by atoms with van der Waals surface area (Å²) < 4.78 is 9.03. The van der Waals surface area contributed by atoms with Crippen molar-refractivity contribution in [2.75, 3.05) is 4.90 Å². The van der Waals surface area contributed by atoms with E-state index in [1.807, 2.05) is 6.07 Å². The Labute approximate surface area is 388 Å². The monoisotopic (exact) mass is 854 g/mol. The third-order valence-corrected chi connectivity index (χ3v) is 13.4. The molecule has 11 aromatic carbocycles. The summed E-state index contributed by atoms with van der Waals surface area (Å²) in [6.07, 6.45) is 0. The van der Waals surface area contributed by atoms with Gasteiger partial charge in [0.2, 0.25) is 0 Å². The molecule has 67 heavy (non-hydrogen) atoms. The van der Waals surface area contributed by atoms with Crippen LogP contribution < -0.4 is 4.90 Å². The Balaban J connectivity index is 0.894. The number of furan rings is 1. The Morgan fingerprint density at radius 3 is 1.49 bits per heavy atom. The molecule has 0 spiro atoms. The van der Waals surface area contributed by atoms with E-state index >= 15 is 0 Å². The van der Waals surface area contributed by atoms with Crippen molar-refractivity contribution in [2.24, 2.45) is 0 Å². The summed E-state index contributed by atoms with van der Waals surface area (Å²) in [7, 11) is 0. The van der Waals surface area contributed by atoms with E-state index in [1.54, 1.807) is 0 Å². The Morgan fingerprint density at radius 1 is 0.299 bits per heavy atom.